The summed E-state index contributed by atoms with van der Waals surface area (Å²) < 4.78 is 6.26. The van der Waals surface area contributed by atoms with Gasteiger partial charge in [-0.3, -0.25) is 0 Å². The van der Waals surface area contributed by atoms with Gasteiger partial charge in [0.15, 0.2) is 6.54 Å². The number of likely N-dealkylation sites (N-methyl/N-ethyl adjacent to an activating group) is 1. The van der Waals surface area contributed by atoms with Crippen molar-refractivity contribution in [3.63, 3.8) is 0 Å². The number of quaternary nitrogens is 1. The molecule has 0 aromatic rings. The van der Waals surface area contributed by atoms with Crippen molar-refractivity contribution in [1.82, 2.24) is 0 Å². The molecule has 3 heteroatoms. The second-order valence-corrected chi connectivity index (χ2v) is 5.75. The molecule has 1 rings (SSSR count). The van der Waals surface area contributed by atoms with E-state index in [4.69, 9.17) is 4.74 Å². The number of nitrogens with zero attached hydrogens (tertiary/aromatic N) is 1. The fraction of sp³-hybridized carbons (Fsp3) is 0.786. The van der Waals surface area contributed by atoms with Crippen LogP contribution in [0.5, 0.6) is 0 Å². The summed E-state index contributed by atoms with van der Waals surface area (Å²) in [6.07, 6.45) is 4.47. The maximum absolute atomic E-state index is 11.8. The Kier molecular flexibility index (Phi) is 5.19. The Bertz CT molecular complexity index is 280. The highest BCUT2D eigenvalue weighted by atomic mass is 16.5. The molecule has 0 N–H and O–H groups in total. The molecule has 3 nitrogen and oxygen atoms in total. The highest BCUT2D eigenvalue weighted by molar-refractivity contribution is 5.70. The van der Waals surface area contributed by atoms with Crippen molar-refractivity contribution >= 4 is 5.97 Å². The van der Waals surface area contributed by atoms with E-state index in [-0.39, 0.29) is 12.1 Å². The Morgan fingerprint density at radius 3 is 2.47 bits per heavy atom. The predicted octanol–water partition coefficient (Wildman–Crippen LogP) is 2.51. The first-order valence-electron chi connectivity index (χ1n) is 6.59. The van der Waals surface area contributed by atoms with Crippen LogP contribution in [0, 0.1) is 0 Å². The predicted molar refractivity (Wildman–Crippen MR) is 69.6 cm³/mol. The number of rotatable bonds is 5. The summed E-state index contributed by atoms with van der Waals surface area (Å²) in [5.41, 5.74) is 1.06. The van der Waals surface area contributed by atoms with Gasteiger partial charge >= 0.3 is 5.97 Å². The first-order valence-corrected chi connectivity index (χ1v) is 6.59. The van der Waals surface area contributed by atoms with Crippen molar-refractivity contribution < 1.29 is 14.0 Å². The normalized spacial score (nSPS) is 20.6. The second kappa shape index (κ2) is 6.20. The van der Waals surface area contributed by atoms with Gasteiger partial charge in [0, 0.05) is 6.42 Å². The van der Waals surface area contributed by atoms with Crippen LogP contribution in [0.25, 0.3) is 0 Å². The maximum Gasteiger partial charge on any atom is 0.362 e. The summed E-state index contributed by atoms with van der Waals surface area (Å²) in [6.45, 7) is 10.4. The lowest BCUT2D eigenvalue weighted by atomic mass is 10.1. The van der Waals surface area contributed by atoms with Crippen molar-refractivity contribution in [2.45, 2.75) is 45.6 Å². The summed E-state index contributed by atoms with van der Waals surface area (Å²) in [5, 5.41) is 0. The fourth-order valence-corrected chi connectivity index (χ4v) is 2.54. The number of esters is 1. The molecule has 0 aromatic carbocycles. The van der Waals surface area contributed by atoms with Gasteiger partial charge in [-0.2, -0.15) is 0 Å². The van der Waals surface area contributed by atoms with Crippen LogP contribution in [0.4, 0.5) is 0 Å². The summed E-state index contributed by atoms with van der Waals surface area (Å²) in [7, 11) is 2.16. The first kappa shape index (κ1) is 14.2. The van der Waals surface area contributed by atoms with E-state index in [0.717, 1.165) is 29.6 Å². The number of carbonyl (C=O) groups is 1. The summed E-state index contributed by atoms with van der Waals surface area (Å²) in [5.74, 6) is -0.0665. The van der Waals surface area contributed by atoms with Crippen molar-refractivity contribution in [3.05, 3.63) is 12.2 Å². The molecule has 98 valence electrons. The van der Waals surface area contributed by atoms with Crippen LogP contribution in [-0.2, 0) is 9.53 Å². The van der Waals surface area contributed by atoms with E-state index >= 15 is 0 Å². The zero-order chi connectivity index (χ0) is 12.9. The van der Waals surface area contributed by atoms with Crippen LogP contribution in [0.3, 0.4) is 0 Å². The van der Waals surface area contributed by atoms with Gasteiger partial charge in [0.05, 0.1) is 20.1 Å². The van der Waals surface area contributed by atoms with Gasteiger partial charge in [-0.15, -0.1) is 6.58 Å². The largest absolute Gasteiger partial charge is 0.458 e. The molecule has 17 heavy (non-hydrogen) atoms. The molecule has 0 saturated carbocycles. The number of hydrogen-bond donors (Lipinski definition) is 0. The Balaban J connectivity index is 2.35. The number of piperidine rings is 1. The molecule has 0 aromatic heterocycles. The summed E-state index contributed by atoms with van der Waals surface area (Å²) >= 11 is 0. The third-order valence-corrected chi connectivity index (χ3v) is 3.38. The van der Waals surface area contributed by atoms with E-state index in [1.807, 2.05) is 13.8 Å². The van der Waals surface area contributed by atoms with Crippen molar-refractivity contribution in [2.24, 2.45) is 0 Å². The van der Waals surface area contributed by atoms with Gasteiger partial charge < -0.3 is 9.22 Å². The molecule has 1 fully saturated rings. The lowest BCUT2D eigenvalue weighted by Crippen LogP contribution is -2.51. The molecule has 1 atom stereocenters. The zero-order valence-corrected chi connectivity index (χ0v) is 11.5. The van der Waals surface area contributed by atoms with Crippen LogP contribution in [0.1, 0.15) is 39.5 Å². The third kappa shape index (κ3) is 5.35. The molecule has 0 spiro atoms. The third-order valence-electron chi connectivity index (χ3n) is 3.38. The van der Waals surface area contributed by atoms with E-state index in [0.29, 0.717) is 6.54 Å². The molecule has 0 radical (unpaired) electrons. The molecular formula is C14H26NO2+. The standard InChI is InChI=1S/C14H26NO2/c1-12(2)10-13(3)17-14(16)11-15(4)8-6-5-7-9-15/h13H,1,5-11H2,2-4H3/q+1/t13-/m0/s1. The Morgan fingerprint density at radius 1 is 1.35 bits per heavy atom. The monoisotopic (exact) mass is 240 g/mol. The van der Waals surface area contributed by atoms with Gasteiger partial charge in [-0.25, -0.2) is 4.79 Å². The second-order valence-electron chi connectivity index (χ2n) is 5.75. The Hall–Kier alpha value is -0.830. The lowest BCUT2D eigenvalue weighted by molar-refractivity contribution is -0.907. The highest BCUT2D eigenvalue weighted by Crippen LogP contribution is 2.16. The molecule has 0 unspecified atom stereocenters. The van der Waals surface area contributed by atoms with Gasteiger partial charge in [0.2, 0.25) is 0 Å². The number of hydrogen-bond acceptors (Lipinski definition) is 2. The SMILES string of the molecule is C=C(C)C[C@H](C)OC(=O)C[N+]1(C)CCCCC1. The number of likely N-dealkylation sites (tertiary alicyclic amines) is 1. The minimum absolute atomic E-state index is 0.0450. The number of carbonyl (C=O) groups excluding carboxylic acids is 1. The highest BCUT2D eigenvalue weighted by Gasteiger charge is 2.28. The Morgan fingerprint density at radius 2 is 1.94 bits per heavy atom. The topological polar surface area (TPSA) is 26.3 Å². The molecule has 1 heterocycles. The molecule has 0 bridgehead atoms. The van der Waals surface area contributed by atoms with Gasteiger partial charge in [0.25, 0.3) is 0 Å². The molecule has 1 saturated heterocycles. The van der Waals surface area contributed by atoms with Crippen molar-refractivity contribution in [2.75, 3.05) is 26.7 Å². The average molecular weight is 240 g/mol. The van der Waals surface area contributed by atoms with Gasteiger partial charge in [0.1, 0.15) is 6.10 Å². The Labute approximate surface area is 105 Å². The van der Waals surface area contributed by atoms with Crippen LogP contribution < -0.4 is 0 Å². The van der Waals surface area contributed by atoms with E-state index in [1.54, 1.807) is 0 Å². The van der Waals surface area contributed by atoms with Gasteiger partial charge in [-0.05, 0) is 33.1 Å². The quantitative estimate of drug-likeness (QED) is 0.419. The fourth-order valence-electron chi connectivity index (χ4n) is 2.54. The molecule has 0 aliphatic carbocycles. The van der Waals surface area contributed by atoms with Crippen LogP contribution in [-0.4, -0.2) is 43.2 Å². The van der Waals surface area contributed by atoms with Gasteiger partial charge in [-0.1, -0.05) is 5.57 Å². The molecule has 1 aliphatic heterocycles. The number of ether oxygens (including phenoxy) is 1. The van der Waals surface area contributed by atoms with E-state index in [2.05, 4.69) is 13.6 Å². The minimum Gasteiger partial charge on any atom is -0.458 e. The summed E-state index contributed by atoms with van der Waals surface area (Å²) in [4.78, 5) is 11.8. The van der Waals surface area contributed by atoms with E-state index in [1.165, 1.54) is 19.3 Å². The molecule has 0 amide bonds. The minimum atomic E-state index is -0.0665. The lowest BCUT2D eigenvalue weighted by Gasteiger charge is -2.36. The molecular weight excluding hydrogens is 214 g/mol. The summed E-state index contributed by atoms with van der Waals surface area (Å²) in [6, 6.07) is 0. The smallest absolute Gasteiger partial charge is 0.362 e. The van der Waals surface area contributed by atoms with E-state index in [9.17, 15) is 4.79 Å². The van der Waals surface area contributed by atoms with Crippen molar-refractivity contribution in [1.29, 1.82) is 0 Å². The molecule has 1 aliphatic rings. The first-order chi connectivity index (χ1) is 7.91. The van der Waals surface area contributed by atoms with E-state index < -0.39 is 0 Å². The van der Waals surface area contributed by atoms with Crippen LogP contribution in [0.15, 0.2) is 12.2 Å². The van der Waals surface area contributed by atoms with Crippen LogP contribution >= 0.6 is 0 Å². The average Bonchev–Trinajstić information content (AvgIpc) is 2.15. The van der Waals surface area contributed by atoms with Crippen LogP contribution in [0.2, 0.25) is 0 Å². The zero-order valence-electron chi connectivity index (χ0n) is 11.5. The maximum atomic E-state index is 11.8. The van der Waals surface area contributed by atoms with Crippen molar-refractivity contribution in [3.8, 4) is 0 Å².